The molecule has 0 saturated carbocycles. The van der Waals surface area contributed by atoms with Crippen molar-refractivity contribution in [2.75, 3.05) is 35.1 Å². The average molecular weight is 268 g/mol. The third-order valence-corrected chi connectivity index (χ3v) is 4.38. The minimum Gasteiger partial charge on any atom is -0.330 e. The highest BCUT2D eigenvalue weighted by Gasteiger charge is 2.10. The van der Waals surface area contributed by atoms with E-state index in [1.165, 1.54) is 35.8 Å². The second-order valence-electron chi connectivity index (χ2n) is 4.12. The van der Waals surface area contributed by atoms with Crippen LogP contribution in [-0.2, 0) is 6.54 Å². The monoisotopic (exact) mass is 268 g/mol. The van der Waals surface area contributed by atoms with E-state index >= 15 is 0 Å². The fourth-order valence-corrected chi connectivity index (χ4v) is 3.32. The maximum Gasteiger partial charge on any atom is 0.0443 e. The van der Waals surface area contributed by atoms with E-state index in [2.05, 4.69) is 52.6 Å². The summed E-state index contributed by atoms with van der Waals surface area (Å²) in [7, 11) is 0. The summed E-state index contributed by atoms with van der Waals surface area (Å²) in [6.45, 7) is 5.71. The van der Waals surface area contributed by atoms with Crippen molar-refractivity contribution in [2.45, 2.75) is 13.5 Å². The van der Waals surface area contributed by atoms with Crippen LogP contribution in [0.1, 0.15) is 12.5 Å². The second kappa shape index (κ2) is 7.19. The largest absolute Gasteiger partial charge is 0.330 e. The molecule has 1 fully saturated rings. The third-order valence-electron chi connectivity index (χ3n) is 2.77. The number of nitrogens with one attached hydrogen (secondary N) is 1. The summed E-state index contributed by atoms with van der Waals surface area (Å²) in [6.07, 6.45) is 0. The highest BCUT2D eigenvalue weighted by Crippen LogP contribution is 2.17. The molecule has 1 heterocycles. The SMILES string of the molecule is CCSNc1cccc(CN2CCSCC2)c1. The van der Waals surface area contributed by atoms with Crippen molar-refractivity contribution in [3.8, 4) is 0 Å². The van der Waals surface area contributed by atoms with E-state index in [1.807, 2.05) is 0 Å². The number of hydrogen-bond acceptors (Lipinski definition) is 4. The molecule has 1 N–H and O–H groups in total. The lowest BCUT2D eigenvalue weighted by Gasteiger charge is -2.26. The van der Waals surface area contributed by atoms with Gasteiger partial charge in [-0.05, 0) is 17.7 Å². The Morgan fingerprint density at radius 1 is 1.35 bits per heavy atom. The molecule has 4 heteroatoms. The van der Waals surface area contributed by atoms with Gasteiger partial charge in [-0.25, -0.2) is 0 Å². The molecule has 0 amide bonds. The summed E-state index contributed by atoms with van der Waals surface area (Å²) in [6, 6.07) is 8.78. The van der Waals surface area contributed by atoms with E-state index in [-0.39, 0.29) is 0 Å². The van der Waals surface area contributed by atoms with Gasteiger partial charge in [0.15, 0.2) is 0 Å². The molecule has 0 radical (unpaired) electrons. The van der Waals surface area contributed by atoms with Gasteiger partial charge in [0.2, 0.25) is 0 Å². The Hall–Kier alpha value is -0.320. The van der Waals surface area contributed by atoms with Gasteiger partial charge in [-0.15, -0.1) is 0 Å². The first-order valence-corrected chi connectivity index (χ1v) is 8.29. The van der Waals surface area contributed by atoms with Gasteiger partial charge in [0.25, 0.3) is 0 Å². The van der Waals surface area contributed by atoms with Gasteiger partial charge in [0.1, 0.15) is 0 Å². The van der Waals surface area contributed by atoms with Crippen molar-refractivity contribution >= 4 is 29.4 Å². The number of hydrogen-bond donors (Lipinski definition) is 1. The quantitative estimate of drug-likeness (QED) is 0.824. The lowest BCUT2D eigenvalue weighted by molar-refractivity contribution is 0.294. The Bertz CT molecular complexity index is 338. The van der Waals surface area contributed by atoms with E-state index in [0.29, 0.717) is 0 Å². The highest BCUT2D eigenvalue weighted by atomic mass is 32.2. The molecule has 0 aromatic heterocycles. The Kier molecular flexibility index (Phi) is 5.55. The number of rotatable bonds is 5. The van der Waals surface area contributed by atoms with Crippen LogP contribution in [0.5, 0.6) is 0 Å². The van der Waals surface area contributed by atoms with Gasteiger partial charge in [-0.3, -0.25) is 4.90 Å². The van der Waals surface area contributed by atoms with Crippen molar-refractivity contribution in [2.24, 2.45) is 0 Å². The molecule has 0 spiro atoms. The minimum atomic E-state index is 1.09. The van der Waals surface area contributed by atoms with Crippen LogP contribution in [0.15, 0.2) is 24.3 Å². The zero-order valence-electron chi connectivity index (χ0n) is 10.3. The predicted octanol–water partition coefficient (Wildman–Crippen LogP) is 3.32. The molecular formula is C13H20N2S2. The molecule has 94 valence electrons. The lowest BCUT2D eigenvalue weighted by Crippen LogP contribution is -2.31. The average Bonchev–Trinajstić information content (AvgIpc) is 2.38. The molecule has 17 heavy (non-hydrogen) atoms. The molecule has 2 nitrogen and oxygen atoms in total. The Morgan fingerprint density at radius 3 is 2.94 bits per heavy atom. The van der Waals surface area contributed by atoms with Crippen LogP contribution in [0, 0.1) is 0 Å². The number of thioether (sulfide) groups is 1. The zero-order valence-corrected chi connectivity index (χ0v) is 11.9. The number of nitrogens with zero attached hydrogens (tertiary/aromatic N) is 1. The van der Waals surface area contributed by atoms with Crippen molar-refractivity contribution in [1.29, 1.82) is 0 Å². The summed E-state index contributed by atoms with van der Waals surface area (Å²) >= 11 is 3.82. The minimum absolute atomic E-state index is 1.09. The second-order valence-corrected chi connectivity index (χ2v) is 6.42. The van der Waals surface area contributed by atoms with Gasteiger partial charge in [-0.1, -0.05) is 31.0 Å². The first-order valence-electron chi connectivity index (χ1n) is 6.15. The Balaban J connectivity index is 1.90. The molecule has 0 aliphatic carbocycles. The lowest BCUT2D eigenvalue weighted by atomic mass is 10.2. The summed E-state index contributed by atoms with van der Waals surface area (Å²) < 4.78 is 3.37. The van der Waals surface area contributed by atoms with Crippen LogP contribution in [0.3, 0.4) is 0 Å². The highest BCUT2D eigenvalue weighted by molar-refractivity contribution is 8.00. The molecule has 1 aliphatic heterocycles. The standard InChI is InChI=1S/C13H20N2S2/c1-2-17-14-13-5-3-4-12(10-13)11-15-6-8-16-9-7-15/h3-5,10,14H,2,6-9,11H2,1H3. The summed E-state index contributed by atoms with van der Waals surface area (Å²) in [4.78, 5) is 2.54. The molecule has 2 rings (SSSR count). The molecule has 0 unspecified atom stereocenters. The number of benzene rings is 1. The smallest absolute Gasteiger partial charge is 0.0443 e. The van der Waals surface area contributed by atoms with E-state index in [1.54, 1.807) is 11.9 Å². The van der Waals surface area contributed by atoms with E-state index in [0.717, 1.165) is 12.3 Å². The van der Waals surface area contributed by atoms with Gasteiger partial charge >= 0.3 is 0 Å². The van der Waals surface area contributed by atoms with Crippen LogP contribution in [0.4, 0.5) is 5.69 Å². The number of anilines is 1. The maximum absolute atomic E-state index is 3.37. The van der Waals surface area contributed by atoms with Crippen molar-refractivity contribution in [1.82, 2.24) is 4.90 Å². The zero-order chi connectivity index (χ0) is 11.9. The van der Waals surface area contributed by atoms with Gasteiger partial charge in [0, 0.05) is 42.6 Å². The topological polar surface area (TPSA) is 15.3 Å². The van der Waals surface area contributed by atoms with Gasteiger partial charge in [0.05, 0.1) is 0 Å². The molecule has 1 aromatic carbocycles. The summed E-state index contributed by atoms with van der Waals surface area (Å²) in [5.41, 5.74) is 2.64. The molecule has 1 aromatic rings. The summed E-state index contributed by atoms with van der Waals surface area (Å²) in [5.74, 6) is 3.65. The van der Waals surface area contributed by atoms with Crippen LogP contribution in [0.25, 0.3) is 0 Å². The first-order chi connectivity index (χ1) is 8.38. The molecule has 0 atom stereocenters. The molecule has 1 saturated heterocycles. The van der Waals surface area contributed by atoms with E-state index < -0.39 is 0 Å². The van der Waals surface area contributed by atoms with Crippen molar-refractivity contribution in [3.63, 3.8) is 0 Å². The predicted molar refractivity (Wildman–Crippen MR) is 80.8 cm³/mol. The maximum atomic E-state index is 3.37. The van der Waals surface area contributed by atoms with E-state index in [9.17, 15) is 0 Å². The fourth-order valence-electron chi connectivity index (χ4n) is 1.91. The van der Waals surface area contributed by atoms with Crippen LogP contribution >= 0.6 is 23.7 Å². The van der Waals surface area contributed by atoms with Crippen molar-refractivity contribution in [3.05, 3.63) is 29.8 Å². The van der Waals surface area contributed by atoms with Crippen LogP contribution in [0.2, 0.25) is 0 Å². The third kappa shape index (κ3) is 4.45. The molecular weight excluding hydrogens is 248 g/mol. The Morgan fingerprint density at radius 2 is 2.18 bits per heavy atom. The van der Waals surface area contributed by atoms with Crippen molar-refractivity contribution < 1.29 is 0 Å². The fraction of sp³-hybridized carbons (Fsp3) is 0.538. The Labute approximate surface area is 113 Å². The van der Waals surface area contributed by atoms with Gasteiger partial charge in [-0.2, -0.15) is 11.8 Å². The van der Waals surface area contributed by atoms with Gasteiger partial charge < -0.3 is 4.72 Å². The molecule has 1 aliphatic rings. The first kappa shape index (κ1) is 13.1. The van der Waals surface area contributed by atoms with E-state index in [4.69, 9.17) is 0 Å². The molecule has 0 bridgehead atoms. The normalized spacial score (nSPS) is 17.0. The van der Waals surface area contributed by atoms with Crippen LogP contribution < -0.4 is 4.72 Å². The van der Waals surface area contributed by atoms with Crippen LogP contribution in [-0.4, -0.2) is 35.2 Å². The summed E-state index contributed by atoms with van der Waals surface area (Å²) in [5, 5.41) is 0.